The fourth-order valence-electron chi connectivity index (χ4n) is 4.74. The molecule has 0 aromatic rings. The van der Waals surface area contributed by atoms with Crippen LogP contribution in [0.15, 0.2) is 0 Å². The van der Waals surface area contributed by atoms with Gasteiger partial charge in [-0.15, -0.1) is 0 Å². The predicted octanol–water partition coefficient (Wildman–Crippen LogP) is 1.86. The van der Waals surface area contributed by atoms with E-state index in [1.807, 2.05) is 0 Å². The van der Waals surface area contributed by atoms with Crippen molar-refractivity contribution in [2.45, 2.75) is 58.2 Å². The van der Waals surface area contributed by atoms with Crippen molar-refractivity contribution < 1.29 is 4.74 Å². The van der Waals surface area contributed by atoms with Crippen molar-refractivity contribution in [3.05, 3.63) is 0 Å². The zero-order chi connectivity index (χ0) is 13.1. The summed E-state index contributed by atoms with van der Waals surface area (Å²) < 4.78 is 5.88. The molecule has 1 saturated carbocycles. The third-order valence-electron chi connectivity index (χ3n) is 6.04. The van der Waals surface area contributed by atoms with Crippen LogP contribution in [-0.4, -0.2) is 42.3 Å². The average molecular weight is 252 g/mol. The lowest BCUT2D eigenvalue weighted by molar-refractivity contribution is -0.163. The van der Waals surface area contributed by atoms with Crippen molar-refractivity contribution in [2.75, 3.05) is 19.7 Å². The topological polar surface area (TPSA) is 38.5 Å². The second kappa shape index (κ2) is 3.94. The third-order valence-corrected chi connectivity index (χ3v) is 6.04. The lowest BCUT2D eigenvalue weighted by Crippen LogP contribution is -2.78. The highest BCUT2D eigenvalue weighted by atomic mass is 16.5. The van der Waals surface area contributed by atoms with Gasteiger partial charge in [-0.05, 0) is 25.7 Å². The van der Waals surface area contributed by atoms with Crippen molar-refractivity contribution in [2.24, 2.45) is 23.0 Å². The summed E-state index contributed by atoms with van der Waals surface area (Å²) in [4.78, 5) is 2.61. The molecule has 1 aliphatic carbocycles. The molecule has 5 atom stereocenters. The molecule has 3 rings (SSSR count). The van der Waals surface area contributed by atoms with Crippen molar-refractivity contribution in [3.63, 3.8) is 0 Å². The Labute approximate surface area is 111 Å². The summed E-state index contributed by atoms with van der Waals surface area (Å²) in [6.07, 6.45) is 2.88. The van der Waals surface area contributed by atoms with Crippen molar-refractivity contribution in [1.82, 2.24) is 4.90 Å². The van der Waals surface area contributed by atoms with E-state index in [0.29, 0.717) is 18.1 Å². The van der Waals surface area contributed by atoms with Crippen molar-refractivity contribution in [1.29, 1.82) is 0 Å². The summed E-state index contributed by atoms with van der Waals surface area (Å²) in [6.45, 7) is 12.5. The maximum Gasteiger partial charge on any atom is 0.0691 e. The van der Waals surface area contributed by atoms with Crippen LogP contribution in [0, 0.1) is 17.3 Å². The minimum atomic E-state index is -0.0491. The van der Waals surface area contributed by atoms with Crippen molar-refractivity contribution >= 4 is 0 Å². The van der Waals surface area contributed by atoms with Gasteiger partial charge in [-0.25, -0.2) is 0 Å². The molecule has 2 N–H and O–H groups in total. The van der Waals surface area contributed by atoms with Crippen LogP contribution in [0.25, 0.3) is 0 Å². The van der Waals surface area contributed by atoms with Gasteiger partial charge >= 0.3 is 0 Å². The van der Waals surface area contributed by atoms with E-state index in [2.05, 4.69) is 32.6 Å². The minimum Gasteiger partial charge on any atom is -0.377 e. The second-order valence-corrected chi connectivity index (χ2v) is 7.57. The highest BCUT2D eigenvalue weighted by Gasteiger charge is 2.67. The van der Waals surface area contributed by atoms with E-state index in [4.69, 9.17) is 10.5 Å². The van der Waals surface area contributed by atoms with E-state index in [1.54, 1.807) is 0 Å². The van der Waals surface area contributed by atoms with Gasteiger partial charge in [0.25, 0.3) is 0 Å². The average Bonchev–Trinajstić information content (AvgIpc) is 2.85. The van der Waals surface area contributed by atoms with Crippen LogP contribution in [-0.2, 0) is 4.74 Å². The molecule has 104 valence electrons. The lowest BCUT2D eigenvalue weighted by atomic mass is 9.48. The van der Waals surface area contributed by atoms with Gasteiger partial charge in [0.05, 0.1) is 6.10 Å². The van der Waals surface area contributed by atoms with Gasteiger partial charge in [-0.3, -0.25) is 4.90 Å². The molecule has 0 spiro atoms. The van der Waals surface area contributed by atoms with Crippen LogP contribution in [0.3, 0.4) is 0 Å². The highest BCUT2D eigenvalue weighted by Crippen LogP contribution is 2.58. The molecule has 0 radical (unpaired) electrons. The fraction of sp³-hybridized carbons (Fsp3) is 1.00. The van der Waals surface area contributed by atoms with Gasteiger partial charge in [-0.1, -0.05) is 20.8 Å². The Balaban J connectivity index is 1.75. The number of hydrogen-bond donors (Lipinski definition) is 1. The van der Waals surface area contributed by atoms with Crippen molar-refractivity contribution in [3.8, 4) is 0 Å². The van der Waals surface area contributed by atoms with Crippen LogP contribution < -0.4 is 5.73 Å². The molecule has 0 aromatic heterocycles. The minimum absolute atomic E-state index is 0.0491. The monoisotopic (exact) mass is 252 g/mol. The van der Waals surface area contributed by atoms with Crippen LogP contribution >= 0.6 is 0 Å². The first kappa shape index (κ1) is 12.9. The molecule has 3 nitrogen and oxygen atoms in total. The fourth-order valence-corrected chi connectivity index (χ4v) is 4.74. The Morgan fingerprint density at radius 1 is 1.33 bits per heavy atom. The summed E-state index contributed by atoms with van der Waals surface area (Å²) in [5.41, 5.74) is 6.91. The normalized spacial score (nSPS) is 51.2. The molecule has 0 amide bonds. The molecule has 3 heteroatoms. The maximum absolute atomic E-state index is 6.83. The first-order valence-corrected chi connectivity index (χ1v) is 7.51. The first-order chi connectivity index (χ1) is 8.36. The van der Waals surface area contributed by atoms with E-state index >= 15 is 0 Å². The maximum atomic E-state index is 6.83. The zero-order valence-electron chi connectivity index (χ0n) is 12.3. The molecule has 0 aromatic carbocycles. The molecule has 0 bridgehead atoms. The molecule has 2 heterocycles. The summed E-state index contributed by atoms with van der Waals surface area (Å²) in [5.74, 6) is 1.40. The van der Waals surface area contributed by atoms with Gasteiger partial charge in [0.15, 0.2) is 0 Å². The van der Waals surface area contributed by atoms with E-state index in [9.17, 15) is 0 Å². The zero-order valence-corrected chi connectivity index (χ0v) is 12.3. The molecular formula is C15H28N2O. The number of fused-ring (bicyclic) bond motifs is 1. The Morgan fingerprint density at radius 2 is 2.06 bits per heavy atom. The number of nitrogens with zero attached hydrogens (tertiary/aromatic N) is 1. The summed E-state index contributed by atoms with van der Waals surface area (Å²) in [5, 5.41) is 0. The number of likely N-dealkylation sites (tertiary alicyclic amines) is 1. The summed E-state index contributed by atoms with van der Waals surface area (Å²) >= 11 is 0. The molecule has 18 heavy (non-hydrogen) atoms. The Hall–Kier alpha value is -0.120. The SMILES string of the molecule is CC1CC(C)N(CC2(N)C3CCOC3C2(C)C)C1. The van der Waals surface area contributed by atoms with E-state index < -0.39 is 0 Å². The highest BCUT2D eigenvalue weighted by molar-refractivity contribution is 5.22. The number of nitrogens with two attached hydrogens (primary N) is 1. The number of ether oxygens (including phenoxy) is 1. The second-order valence-electron chi connectivity index (χ2n) is 7.57. The standard InChI is InChI=1S/C15H28N2O/c1-10-7-11(2)17(8-10)9-15(16)12-5-6-18-13(12)14(15,3)4/h10-13H,5-9,16H2,1-4H3. The Bertz CT molecular complexity index is 343. The van der Waals surface area contributed by atoms with Crippen LogP contribution in [0.1, 0.15) is 40.5 Å². The van der Waals surface area contributed by atoms with E-state index in [0.717, 1.165) is 25.5 Å². The lowest BCUT2D eigenvalue weighted by Gasteiger charge is -2.63. The van der Waals surface area contributed by atoms with Gasteiger partial charge in [0, 0.05) is 42.6 Å². The van der Waals surface area contributed by atoms with Gasteiger partial charge < -0.3 is 10.5 Å². The van der Waals surface area contributed by atoms with Gasteiger partial charge in [0.1, 0.15) is 0 Å². The third kappa shape index (κ3) is 1.53. The molecular weight excluding hydrogens is 224 g/mol. The van der Waals surface area contributed by atoms with E-state index in [-0.39, 0.29) is 11.0 Å². The molecule has 2 aliphatic heterocycles. The largest absolute Gasteiger partial charge is 0.377 e. The molecule has 2 saturated heterocycles. The van der Waals surface area contributed by atoms with Gasteiger partial charge in [0.2, 0.25) is 0 Å². The molecule has 3 fully saturated rings. The van der Waals surface area contributed by atoms with Gasteiger partial charge in [-0.2, -0.15) is 0 Å². The summed E-state index contributed by atoms with van der Waals surface area (Å²) in [6, 6.07) is 0.692. The van der Waals surface area contributed by atoms with Crippen LogP contribution in [0.2, 0.25) is 0 Å². The van der Waals surface area contributed by atoms with E-state index in [1.165, 1.54) is 13.0 Å². The van der Waals surface area contributed by atoms with Crippen LogP contribution in [0.5, 0.6) is 0 Å². The van der Waals surface area contributed by atoms with Crippen LogP contribution in [0.4, 0.5) is 0 Å². The smallest absolute Gasteiger partial charge is 0.0691 e. The Morgan fingerprint density at radius 3 is 2.67 bits per heavy atom. The predicted molar refractivity (Wildman–Crippen MR) is 73.4 cm³/mol. The molecule has 3 aliphatic rings. The number of hydrogen-bond acceptors (Lipinski definition) is 3. The first-order valence-electron chi connectivity index (χ1n) is 7.51. The Kier molecular flexibility index (Phi) is 2.82. The number of rotatable bonds is 2. The molecule has 5 unspecified atom stereocenters. The summed E-state index contributed by atoms with van der Waals surface area (Å²) in [7, 11) is 0. The quantitative estimate of drug-likeness (QED) is 0.815.